The van der Waals surface area contributed by atoms with E-state index in [0.29, 0.717) is 23.8 Å². The van der Waals surface area contributed by atoms with Gasteiger partial charge in [0.25, 0.3) is 0 Å². The molecule has 1 aromatic heterocycles. The van der Waals surface area contributed by atoms with Crippen LogP contribution in [0.25, 0.3) is 0 Å². The van der Waals surface area contributed by atoms with Crippen molar-refractivity contribution in [2.24, 2.45) is 17.1 Å². The molecule has 21 heavy (non-hydrogen) atoms. The maximum absolute atomic E-state index is 10.6. The van der Waals surface area contributed by atoms with Crippen molar-refractivity contribution in [1.29, 1.82) is 0 Å². The first-order chi connectivity index (χ1) is 9.86. The summed E-state index contributed by atoms with van der Waals surface area (Å²) in [5.41, 5.74) is 5.44. The molecule has 0 radical (unpaired) electrons. The third kappa shape index (κ3) is 4.52. The van der Waals surface area contributed by atoms with Gasteiger partial charge in [-0.1, -0.05) is 25.9 Å². The summed E-state index contributed by atoms with van der Waals surface area (Å²) in [5.74, 6) is 2.10. The molecule has 6 nitrogen and oxygen atoms in total. The van der Waals surface area contributed by atoms with E-state index in [2.05, 4.69) is 36.2 Å². The van der Waals surface area contributed by atoms with E-state index in [1.807, 2.05) is 0 Å². The molecule has 0 unspecified atom stereocenters. The average Bonchev–Trinajstić information content (AvgIpc) is 2.86. The molecule has 6 heteroatoms. The van der Waals surface area contributed by atoms with Gasteiger partial charge >= 0.3 is 0 Å². The van der Waals surface area contributed by atoms with E-state index in [1.54, 1.807) is 0 Å². The number of hydrogen-bond acceptors (Lipinski definition) is 5. The maximum Gasteiger partial charge on any atom is 0.240 e. The van der Waals surface area contributed by atoms with E-state index in [-0.39, 0.29) is 6.54 Å². The first-order valence-corrected chi connectivity index (χ1v) is 7.67. The lowest BCUT2D eigenvalue weighted by Crippen LogP contribution is -2.28. The third-order valence-electron chi connectivity index (χ3n) is 4.38. The molecular weight excluding hydrogens is 268 g/mol. The Bertz CT molecular complexity index is 470. The fourth-order valence-electron chi connectivity index (χ4n) is 3.02. The predicted octanol–water partition coefficient (Wildman–Crippen LogP) is 1.96. The van der Waals surface area contributed by atoms with Crippen molar-refractivity contribution >= 4 is 5.91 Å². The number of aromatic nitrogens is 2. The van der Waals surface area contributed by atoms with Crippen LogP contribution in [0.4, 0.5) is 0 Å². The Morgan fingerprint density at radius 2 is 2.00 bits per heavy atom. The van der Waals surface area contributed by atoms with E-state index < -0.39 is 5.91 Å². The number of carbonyl (C=O) groups excluding carboxylic acids is 1. The standard InChI is InChI=1S/C15H26N4O2/c1-15(2,3)11-6-4-10(5-7-11)14-18-13(21-19-14)9-17-8-12(16)20/h10-11,17H,4-9H2,1-3H3,(H2,16,20). The molecule has 118 valence electrons. The van der Waals surface area contributed by atoms with Crippen LogP contribution in [0.2, 0.25) is 0 Å². The highest BCUT2D eigenvalue weighted by molar-refractivity contribution is 5.75. The summed E-state index contributed by atoms with van der Waals surface area (Å²) in [6, 6.07) is 0. The zero-order valence-corrected chi connectivity index (χ0v) is 13.2. The minimum absolute atomic E-state index is 0.119. The summed E-state index contributed by atoms with van der Waals surface area (Å²) in [4.78, 5) is 15.1. The van der Waals surface area contributed by atoms with Gasteiger partial charge in [0.1, 0.15) is 0 Å². The Labute approximate surface area is 125 Å². The van der Waals surface area contributed by atoms with Crippen molar-refractivity contribution in [2.45, 2.75) is 58.9 Å². The summed E-state index contributed by atoms with van der Waals surface area (Å²) in [6.45, 7) is 7.44. The molecule has 1 aromatic rings. The second kappa shape index (κ2) is 6.56. The van der Waals surface area contributed by atoms with Crippen LogP contribution in [0.5, 0.6) is 0 Å². The van der Waals surface area contributed by atoms with Crippen molar-refractivity contribution in [3.05, 3.63) is 11.7 Å². The van der Waals surface area contributed by atoms with Gasteiger partial charge in [-0.05, 0) is 37.0 Å². The summed E-state index contributed by atoms with van der Waals surface area (Å²) in [5, 5.41) is 6.96. The van der Waals surface area contributed by atoms with Crippen LogP contribution < -0.4 is 11.1 Å². The molecule has 0 aromatic carbocycles. The van der Waals surface area contributed by atoms with Crippen LogP contribution in [0.1, 0.15) is 64.1 Å². The summed E-state index contributed by atoms with van der Waals surface area (Å²) in [7, 11) is 0. The Hall–Kier alpha value is -1.43. The molecule has 3 N–H and O–H groups in total. The predicted molar refractivity (Wildman–Crippen MR) is 79.4 cm³/mol. The number of primary amides is 1. The monoisotopic (exact) mass is 294 g/mol. The molecule has 0 atom stereocenters. The van der Waals surface area contributed by atoms with E-state index in [1.165, 1.54) is 12.8 Å². The quantitative estimate of drug-likeness (QED) is 0.865. The molecule has 1 aliphatic carbocycles. The lowest BCUT2D eigenvalue weighted by atomic mass is 9.70. The summed E-state index contributed by atoms with van der Waals surface area (Å²) < 4.78 is 5.22. The number of amides is 1. The number of rotatable bonds is 5. The Morgan fingerprint density at radius 1 is 1.33 bits per heavy atom. The molecule has 1 amide bonds. The normalized spacial score (nSPS) is 23.2. The molecule has 0 bridgehead atoms. The van der Waals surface area contributed by atoms with Crippen molar-refractivity contribution in [3.63, 3.8) is 0 Å². The van der Waals surface area contributed by atoms with Gasteiger partial charge in [-0.3, -0.25) is 10.1 Å². The van der Waals surface area contributed by atoms with Crippen LogP contribution in [-0.4, -0.2) is 22.6 Å². The zero-order chi connectivity index (χ0) is 15.5. The number of nitrogens with two attached hydrogens (primary N) is 1. The van der Waals surface area contributed by atoms with Gasteiger partial charge in [0.15, 0.2) is 5.82 Å². The Balaban J connectivity index is 1.84. The van der Waals surface area contributed by atoms with E-state index in [9.17, 15) is 4.79 Å². The fourth-order valence-corrected chi connectivity index (χ4v) is 3.02. The van der Waals surface area contributed by atoms with Gasteiger partial charge in [-0.2, -0.15) is 4.98 Å². The second-order valence-corrected chi connectivity index (χ2v) is 7.03. The number of hydrogen-bond donors (Lipinski definition) is 2. The lowest BCUT2D eigenvalue weighted by Gasteiger charge is -2.36. The van der Waals surface area contributed by atoms with Crippen molar-refractivity contribution < 1.29 is 9.32 Å². The molecule has 0 spiro atoms. The lowest BCUT2D eigenvalue weighted by molar-refractivity contribution is -0.117. The number of carbonyl (C=O) groups is 1. The maximum atomic E-state index is 10.6. The molecule has 0 aliphatic heterocycles. The summed E-state index contributed by atoms with van der Waals surface area (Å²) in [6.07, 6.45) is 4.68. The Kier molecular flexibility index (Phi) is 4.98. The summed E-state index contributed by atoms with van der Waals surface area (Å²) >= 11 is 0. The van der Waals surface area contributed by atoms with Gasteiger partial charge in [0.05, 0.1) is 13.1 Å². The molecule has 1 fully saturated rings. The second-order valence-electron chi connectivity index (χ2n) is 7.03. The zero-order valence-electron chi connectivity index (χ0n) is 13.2. The number of nitrogens with zero attached hydrogens (tertiary/aromatic N) is 2. The van der Waals surface area contributed by atoms with Crippen molar-refractivity contribution in [2.75, 3.05) is 6.54 Å². The molecular formula is C15H26N4O2. The average molecular weight is 294 g/mol. The molecule has 2 rings (SSSR count). The SMILES string of the molecule is CC(C)(C)C1CCC(c2noc(CNCC(N)=O)n2)CC1. The molecule has 1 heterocycles. The molecule has 1 aliphatic rings. The van der Waals surface area contributed by atoms with Gasteiger partial charge < -0.3 is 10.3 Å². The molecule has 1 saturated carbocycles. The van der Waals surface area contributed by atoms with E-state index in [4.69, 9.17) is 10.3 Å². The highest BCUT2D eigenvalue weighted by Gasteiger charge is 2.31. The van der Waals surface area contributed by atoms with Gasteiger partial charge in [-0.25, -0.2) is 0 Å². The van der Waals surface area contributed by atoms with E-state index >= 15 is 0 Å². The largest absolute Gasteiger partial charge is 0.369 e. The van der Waals surface area contributed by atoms with E-state index in [0.717, 1.165) is 24.6 Å². The van der Waals surface area contributed by atoms with Gasteiger partial charge in [-0.15, -0.1) is 0 Å². The molecule has 0 saturated heterocycles. The van der Waals surface area contributed by atoms with Crippen LogP contribution in [0.3, 0.4) is 0 Å². The van der Waals surface area contributed by atoms with Crippen molar-refractivity contribution in [3.8, 4) is 0 Å². The van der Waals surface area contributed by atoms with Crippen LogP contribution >= 0.6 is 0 Å². The van der Waals surface area contributed by atoms with Gasteiger partial charge in [0, 0.05) is 5.92 Å². The topological polar surface area (TPSA) is 94.0 Å². The van der Waals surface area contributed by atoms with Gasteiger partial charge in [0.2, 0.25) is 11.8 Å². The van der Waals surface area contributed by atoms with Crippen molar-refractivity contribution in [1.82, 2.24) is 15.5 Å². The first-order valence-electron chi connectivity index (χ1n) is 7.67. The van der Waals surface area contributed by atoms with Crippen LogP contribution in [0.15, 0.2) is 4.52 Å². The smallest absolute Gasteiger partial charge is 0.240 e. The van der Waals surface area contributed by atoms with Crippen LogP contribution in [-0.2, 0) is 11.3 Å². The fraction of sp³-hybridized carbons (Fsp3) is 0.800. The highest BCUT2D eigenvalue weighted by atomic mass is 16.5. The Morgan fingerprint density at radius 3 is 2.57 bits per heavy atom. The third-order valence-corrected chi connectivity index (χ3v) is 4.38. The minimum atomic E-state index is -0.393. The minimum Gasteiger partial charge on any atom is -0.369 e. The van der Waals surface area contributed by atoms with Crippen LogP contribution in [0, 0.1) is 11.3 Å². The highest BCUT2D eigenvalue weighted by Crippen LogP contribution is 2.42. The first kappa shape index (κ1) is 15.9. The number of nitrogens with one attached hydrogen (secondary N) is 1.